The summed E-state index contributed by atoms with van der Waals surface area (Å²) in [6.07, 6.45) is 0.753. The summed E-state index contributed by atoms with van der Waals surface area (Å²) in [5.74, 6) is 0. The number of hydrogen-bond donors (Lipinski definition) is 0. The van der Waals surface area contributed by atoms with Crippen LogP contribution in [-0.2, 0) is 4.74 Å². The molecule has 0 amide bonds. The minimum Gasteiger partial charge on any atom is -0.443 e. The first kappa shape index (κ1) is 14.0. The van der Waals surface area contributed by atoms with E-state index in [1.54, 1.807) is 27.7 Å². The number of nitro groups is 1. The van der Waals surface area contributed by atoms with Crippen LogP contribution in [-0.4, -0.2) is 26.2 Å². The Bertz CT molecular complexity index is 697. The second-order valence-corrected chi connectivity index (χ2v) is 5.43. The molecule has 0 aliphatic rings. The highest BCUT2D eigenvalue weighted by atomic mass is 16.6. The van der Waals surface area contributed by atoms with E-state index in [9.17, 15) is 14.9 Å². The molecular formula is C13H15N3O4. The average molecular weight is 277 g/mol. The Labute approximate surface area is 115 Å². The van der Waals surface area contributed by atoms with Crippen molar-refractivity contribution in [3.05, 3.63) is 34.1 Å². The summed E-state index contributed by atoms with van der Waals surface area (Å²) in [5.41, 5.74) is 0.693. The van der Waals surface area contributed by atoms with E-state index in [0.717, 1.165) is 0 Å². The molecule has 0 atom stereocenters. The van der Waals surface area contributed by atoms with Crippen LogP contribution in [0.5, 0.6) is 0 Å². The van der Waals surface area contributed by atoms with Gasteiger partial charge in [0.25, 0.3) is 5.69 Å². The van der Waals surface area contributed by atoms with Gasteiger partial charge in [-0.15, -0.1) is 0 Å². The predicted molar refractivity (Wildman–Crippen MR) is 72.8 cm³/mol. The van der Waals surface area contributed by atoms with E-state index in [0.29, 0.717) is 16.6 Å². The van der Waals surface area contributed by atoms with Gasteiger partial charge in [0.2, 0.25) is 0 Å². The predicted octanol–water partition coefficient (Wildman–Crippen LogP) is 3.04. The lowest BCUT2D eigenvalue weighted by Crippen LogP contribution is -2.26. The van der Waals surface area contributed by atoms with Crippen LogP contribution in [0.25, 0.3) is 11.0 Å². The summed E-state index contributed by atoms with van der Waals surface area (Å²) < 4.78 is 6.51. The third-order valence-electron chi connectivity index (χ3n) is 2.73. The fourth-order valence-corrected chi connectivity index (χ4v) is 1.86. The Morgan fingerprint density at radius 3 is 2.60 bits per heavy atom. The molecule has 0 fully saturated rings. The molecule has 1 aromatic carbocycles. The molecule has 0 unspecified atom stereocenters. The van der Waals surface area contributed by atoms with Crippen molar-refractivity contribution in [1.29, 1.82) is 0 Å². The zero-order chi connectivity index (χ0) is 15.1. The molecule has 7 nitrogen and oxygen atoms in total. The fraction of sp³-hybridized carbons (Fsp3) is 0.385. The molecule has 0 saturated carbocycles. The molecule has 0 aliphatic heterocycles. The number of aryl methyl sites for hydroxylation is 1. The highest BCUT2D eigenvalue weighted by Crippen LogP contribution is 2.26. The lowest BCUT2D eigenvalue weighted by molar-refractivity contribution is -0.385. The molecule has 2 rings (SSSR count). The maximum Gasteiger partial charge on any atom is 0.420 e. The van der Waals surface area contributed by atoms with Gasteiger partial charge in [0.1, 0.15) is 11.9 Å². The number of carbonyl (C=O) groups excluding carboxylic acids is 1. The van der Waals surface area contributed by atoms with Crippen LogP contribution in [0.2, 0.25) is 0 Å². The summed E-state index contributed by atoms with van der Waals surface area (Å²) in [6, 6.07) is 2.86. The van der Waals surface area contributed by atoms with Gasteiger partial charge >= 0.3 is 6.09 Å². The average Bonchev–Trinajstić information content (AvgIpc) is 2.71. The second-order valence-electron chi connectivity index (χ2n) is 5.43. The third-order valence-corrected chi connectivity index (χ3v) is 2.73. The summed E-state index contributed by atoms with van der Waals surface area (Å²) in [5, 5.41) is 10.9. The molecule has 0 spiro atoms. The molecule has 20 heavy (non-hydrogen) atoms. The monoisotopic (exact) mass is 277 g/mol. The normalized spacial score (nSPS) is 11.6. The molecular weight excluding hydrogens is 262 g/mol. The van der Waals surface area contributed by atoms with Crippen LogP contribution < -0.4 is 0 Å². The Hall–Kier alpha value is -2.44. The van der Waals surface area contributed by atoms with Gasteiger partial charge in [-0.2, -0.15) is 0 Å². The van der Waals surface area contributed by atoms with Crippen molar-refractivity contribution < 1.29 is 14.5 Å². The zero-order valence-corrected chi connectivity index (χ0v) is 11.7. The first-order valence-corrected chi connectivity index (χ1v) is 6.05. The van der Waals surface area contributed by atoms with E-state index >= 15 is 0 Å². The number of nitro benzene ring substituents is 1. The van der Waals surface area contributed by atoms with Gasteiger partial charge in [0.05, 0.1) is 21.5 Å². The lowest BCUT2D eigenvalue weighted by atomic mass is 10.1. The standard InChI is InChI=1S/C13H15N3O4/c1-8-9(16(18)19)5-6-10-11(8)14-7-15(10)12(17)20-13(2,3)4/h5-7H,1-4H3. The quantitative estimate of drug-likeness (QED) is 0.590. The first-order valence-electron chi connectivity index (χ1n) is 6.05. The van der Waals surface area contributed by atoms with E-state index in [4.69, 9.17) is 4.74 Å². The van der Waals surface area contributed by atoms with Gasteiger partial charge < -0.3 is 4.74 Å². The largest absolute Gasteiger partial charge is 0.443 e. The van der Waals surface area contributed by atoms with Crippen LogP contribution in [0.4, 0.5) is 10.5 Å². The van der Waals surface area contributed by atoms with Gasteiger partial charge in [0.15, 0.2) is 0 Å². The van der Waals surface area contributed by atoms with Crippen LogP contribution in [0, 0.1) is 17.0 Å². The number of nitrogens with zero attached hydrogens (tertiary/aromatic N) is 3. The number of carbonyl (C=O) groups is 1. The van der Waals surface area contributed by atoms with E-state index in [2.05, 4.69) is 4.98 Å². The number of rotatable bonds is 1. The number of fused-ring (bicyclic) bond motifs is 1. The summed E-state index contributed by atoms with van der Waals surface area (Å²) in [7, 11) is 0. The number of ether oxygens (including phenoxy) is 1. The van der Waals surface area contributed by atoms with E-state index in [1.165, 1.54) is 23.0 Å². The maximum atomic E-state index is 12.0. The van der Waals surface area contributed by atoms with Gasteiger partial charge in [-0.25, -0.2) is 14.3 Å². The van der Waals surface area contributed by atoms with Crippen LogP contribution in [0.15, 0.2) is 18.5 Å². The molecule has 2 aromatic rings. The van der Waals surface area contributed by atoms with Crippen molar-refractivity contribution in [2.75, 3.05) is 0 Å². The minimum atomic E-state index is -0.622. The number of aromatic nitrogens is 2. The molecule has 0 radical (unpaired) electrons. The Kier molecular flexibility index (Phi) is 3.21. The Morgan fingerprint density at radius 1 is 1.40 bits per heavy atom. The number of benzene rings is 1. The zero-order valence-electron chi connectivity index (χ0n) is 11.7. The number of imidazole rings is 1. The summed E-state index contributed by atoms with van der Waals surface area (Å²) >= 11 is 0. The van der Waals surface area contributed by atoms with Crippen LogP contribution in [0.3, 0.4) is 0 Å². The molecule has 106 valence electrons. The smallest absolute Gasteiger partial charge is 0.420 e. The lowest BCUT2D eigenvalue weighted by Gasteiger charge is -2.19. The van der Waals surface area contributed by atoms with E-state index < -0.39 is 16.6 Å². The second kappa shape index (κ2) is 4.59. The minimum absolute atomic E-state index is 0.0214. The van der Waals surface area contributed by atoms with Gasteiger partial charge in [-0.1, -0.05) is 0 Å². The van der Waals surface area contributed by atoms with Crippen molar-refractivity contribution in [2.24, 2.45) is 0 Å². The molecule has 0 aliphatic carbocycles. The molecule has 0 N–H and O–H groups in total. The highest BCUT2D eigenvalue weighted by Gasteiger charge is 2.22. The fourth-order valence-electron chi connectivity index (χ4n) is 1.86. The maximum absolute atomic E-state index is 12.0. The molecule has 7 heteroatoms. The molecule has 1 aromatic heterocycles. The number of hydrogen-bond acceptors (Lipinski definition) is 5. The molecule has 0 bridgehead atoms. The van der Waals surface area contributed by atoms with Gasteiger partial charge in [0, 0.05) is 6.07 Å². The Morgan fingerprint density at radius 2 is 2.05 bits per heavy atom. The highest BCUT2D eigenvalue weighted by molar-refractivity contribution is 5.90. The first-order chi connectivity index (χ1) is 9.20. The molecule has 0 saturated heterocycles. The molecule has 1 heterocycles. The SMILES string of the molecule is Cc1c([N+](=O)[O-])ccc2c1ncn2C(=O)OC(C)(C)C. The van der Waals surface area contributed by atoms with E-state index in [-0.39, 0.29) is 5.69 Å². The van der Waals surface area contributed by atoms with Crippen molar-refractivity contribution in [3.8, 4) is 0 Å². The van der Waals surface area contributed by atoms with Crippen LogP contribution in [0.1, 0.15) is 26.3 Å². The summed E-state index contributed by atoms with van der Waals surface area (Å²) in [4.78, 5) is 26.5. The topological polar surface area (TPSA) is 87.3 Å². The Balaban J connectivity index is 2.51. The third kappa shape index (κ3) is 2.47. The van der Waals surface area contributed by atoms with Crippen molar-refractivity contribution in [2.45, 2.75) is 33.3 Å². The van der Waals surface area contributed by atoms with Gasteiger partial charge in [-0.3, -0.25) is 10.1 Å². The van der Waals surface area contributed by atoms with Crippen molar-refractivity contribution in [1.82, 2.24) is 9.55 Å². The van der Waals surface area contributed by atoms with Gasteiger partial charge in [-0.05, 0) is 33.8 Å². The van der Waals surface area contributed by atoms with Crippen LogP contribution >= 0.6 is 0 Å². The van der Waals surface area contributed by atoms with Crippen molar-refractivity contribution >= 4 is 22.8 Å². The van der Waals surface area contributed by atoms with Crippen molar-refractivity contribution in [3.63, 3.8) is 0 Å². The van der Waals surface area contributed by atoms with E-state index in [1.807, 2.05) is 0 Å². The summed E-state index contributed by atoms with van der Waals surface area (Å²) in [6.45, 7) is 6.90.